The van der Waals surface area contributed by atoms with E-state index in [1.54, 1.807) is 55.4 Å². The molecular formula is C15H16N4O3. The van der Waals surface area contributed by atoms with Crippen molar-refractivity contribution in [1.82, 2.24) is 14.7 Å². The average Bonchev–Trinajstić information content (AvgIpc) is 2.90. The molecule has 0 aliphatic rings. The Morgan fingerprint density at radius 3 is 2.82 bits per heavy atom. The topological polar surface area (TPSA) is 81.3 Å². The molecular weight excluding hydrogens is 284 g/mol. The van der Waals surface area contributed by atoms with Gasteiger partial charge < -0.3 is 4.90 Å². The summed E-state index contributed by atoms with van der Waals surface area (Å²) < 4.78 is 1.64. The highest BCUT2D eigenvalue weighted by Crippen LogP contribution is 2.19. The molecule has 0 saturated heterocycles. The van der Waals surface area contributed by atoms with Crippen LogP contribution in [-0.2, 0) is 18.4 Å². The molecule has 0 N–H and O–H groups in total. The second-order valence-corrected chi connectivity index (χ2v) is 4.86. The van der Waals surface area contributed by atoms with Crippen molar-refractivity contribution in [3.63, 3.8) is 0 Å². The van der Waals surface area contributed by atoms with Crippen molar-refractivity contribution in [3.8, 4) is 0 Å². The summed E-state index contributed by atoms with van der Waals surface area (Å²) in [5.74, 6) is -0.234. The van der Waals surface area contributed by atoms with Gasteiger partial charge in [-0.25, -0.2) is 0 Å². The molecule has 7 heteroatoms. The van der Waals surface area contributed by atoms with Crippen LogP contribution in [0.4, 0.5) is 5.69 Å². The smallest absolute Gasteiger partial charge is 0.274 e. The van der Waals surface area contributed by atoms with Crippen LogP contribution in [0.25, 0.3) is 6.08 Å². The second kappa shape index (κ2) is 6.66. The molecule has 114 valence electrons. The summed E-state index contributed by atoms with van der Waals surface area (Å²) in [6.45, 7) is 0.174. The minimum absolute atomic E-state index is 0.0124. The molecule has 1 heterocycles. The Morgan fingerprint density at radius 2 is 2.18 bits per heavy atom. The number of nitro benzene ring substituents is 1. The van der Waals surface area contributed by atoms with Crippen molar-refractivity contribution in [2.45, 2.75) is 6.54 Å². The van der Waals surface area contributed by atoms with E-state index in [-0.39, 0.29) is 18.1 Å². The lowest BCUT2D eigenvalue weighted by Gasteiger charge is -2.15. The fraction of sp³-hybridized carbons (Fsp3) is 0.200. The Bertz CT molecular complexity index is 721. The third-order valence-electron chi connectivity index (χ3n) is 3.12. The van der Waals surface area contributed by atoms with E-state index in [9.17, 15) is 14.9 Å². The number of amides is 1. The summed E-state index contributed by atoms with van der Waals surface area (Å²) in [5, 5.41) is 15.0. The van der Waals surface area contributed by atoms with Gasteiger partial charge in [-0.1, -0.05) is 18.2 Å². The molecule has 0 fully saturated rings. The monoisotopic (exact) mass is 300 g/mol. The first-order valence-electron chi connectivity index (χ1n) is 6.61. The summed E-state index contributed by atoms with van der Waals surface area (Å²) in [7, 11) is 3.40. The third kappa shape index (κ3) is 3.78. The van der Waals surface area contributed by atoms with Gasteiger partial charge in [0, 0.05) is 43.6 Å². The van der Waals surface area contributed by atoms with Gasteiger partial charge in [0.1, 0.15) is 0 Å². The Hall–Kier alpha value is -2.96. The molecule has 1 aromatic heterocycles. The number of para-hydroxylation sites is 1. The Kier molecular flexibility index (Phi) is 4.67. The van der Waals surface area contributed by atoms with Gasteiger partial charge in [-0.05, 0) is 6.08 Å². The number of benzene rings is 1. The average molecular weight is 300 g/mol. The van der Waals surface area contributed by atoms with Crippen LogP contribution in [0.15, 0.2) is 42.7 Å². The van der Waals surface area contributed by atoms with Crippen LogP contribution in [0.2, 0.25) is 0 Å². The number of hydrogen-bond donors (Lipinski definition) is 0. The van der Waals surface area contributed by atoms with Gasteiger partial charge in [-0.3, -0.25) is 19.6 Å². The van der Waals surface area contributed by atoms with Crippen LogP contribution in [0.1, 0.15) is 11.1 Å². The zero-order valence-corrected chi connectivity index (χ0v) is 12.3. The lowest BCUT2D eigenvalue weighted by molar-refractivity contribution is -0.385. The van der Waals surface area contributed by atoms with Crippen LogP contribution >= 0.6 is 0 Å². The van der Waals surface area contributed by atoms with E-state index in [0.29, 0.717) is 5.56 Å². The molecule has 2 aromatic rings. The number of likely N-dealkylation sites (N-methyl/N-ethyl adjacent to an activating group) is 1. The zero-order valence-electron chi connectivity index (χ0n) is 12.3. The van der Waals surface area contributed by atoms with Gasteiger partial charge in [0.2, 0.25) is 5.91 Å². The number of hydrogen-bond acceptors (Lipinski definition) is 4. The predicted molar refractivity (Wildman–Crippen MR) is 81.8 cm³/mol. The molecule has 0 radical (unpaired) electrons. The number of nitrogens with zero attached hydrogens (tertiary/aromatic N) is 4. The lowest BCUT2D eigenvalue weighted by atomic mass is 10.1. The third-order valence-corrected chi connectivity index (χ3v) is 3.12. The molecule has 0 aliphatic carbocycles. The van der Waals surface area contributed by atoms with E-state index in [0.717, 1.165) is 5.56 Å². The van der Waals surface area contributed by atoms with Crippen molar-refractivity contribution in [1.29, 1.82) is 0 Å². The number of carbonyl (C=O) groups excluding carboxylic acids is 1. The largest absolute Gasteiger partial charge is 0.338 e. The maximum atomic E-state index is 12.1. The standard InChI is InChI=1S/C15H16N4O3/c1-17(11-13-5-3-4-6-14(13)19(21)22)15(20)8-7-12-9-16-18(2)10-12/h3-10H,11H2,1-2H3. The number of carbonyl (C=O) groups is 1. The van der Waals surface area contributed by atoms with Crippen molar-refractivity contribution < 1.29 is 9.72 Å². The quantitative estimate of drug-likeness (QED) is 0.480. The highest BCUT2D eigenvalue weighted by atomic mass is 16.6. The van der Waals surface area contributed by atoms with Crippen LogP contribution in [0.3, 0.4) is 0 Å². The fourth-order valence-electron chi connectivity index (χ4n) is 1.98. The minimum Gasteiger partial charge on any atom is -0.338 e. The number of nitro groups is 1. The van der Waals surface area contributed by atoms with Gasteiger partial charge in [0.25, 0.3) is 5.69 Å². The predicted octanol–water partition coefficient (Wildman–Crippen LogP) is 2.00. The molecule has 0 bridgehead atoms. The van der Waals surface area contributed by atoms with E-state index < -0.39 is 4.92 Å². The molecule has 2 rings (SSSR count). The summed E-state index contributed by atoms with van der Waals surface area (Å²) in [4.78, 5) is 24.0. The van der Waals surface area contributed by atoms with Gasteiger partial charge in [0.05, 0.1) is 17.7 Å². The van der Waals surface area contributed by atoms with Crippen LogP contribution < -0.4 is 0 Å². The summed E-state index contributed by atoms with van der Waals surface area (Å²) in [5.41, 5.74) is 1.33. The van der Waals surface area contributed by atoms with Crippen molar-refractivity contribution in [2.24, 2.45) is 7.05 Å². The van der Waals surface area contributed by atoms with Crippen LogP contribution in [0.5, 0.6) is 0 Å². The Morgan fingerprint density at radius 1 is 1.45 bits per heavy atom. The molecule has 22 heavy (non-hydrogen) atoms. The van der Waals surface area contributed by atoms with E-state index in [1.807, 2.05) is 0 Å². The van der Waals surface area contributed by atoms with Crippen LogP contribution in [0, 0.1) is 10.1 Å². The highest BCUT2D eigenvalue weighted by molar-refractivity contribution is 5.91. The number of rotatable bonds is 5. The van der Waals surface area contributed by atoms with E-state index in [2.05, 4.69) is 5.10 Å². The fourth-order valence-corrected chi connectivity index (χ4v) is 1.98. The van der Waals surface area contributed by atoms with Gasteiger partial charge in [0.15, 0.2) is 0 Å². The minimum atomic E-state index is -0.445. The second-order valence-electron chi connectivity index (χ2n) is 4.86. The van der Waals surface area contributed by atoms with Gasteiger partial charge in [-0.2, -0.15) is 5.10 Å². The molecule has 7 nitrogen and oxygen atoms in total. The molecule has 0 aliphatic heterocycles. The molecule has 1 amide bonds. The summed E-state index contributed by atoms with van der Waals surface area (Å²) in [6.07, 6.45) is 6.51. The summed E-state index contributed by atoms with van der Waals surface area (Å²) in [6, 6.07) is 6.39. The SMILES string of the molecule is CN(Cc1ccccc1[N+](=O)[O-])C(=O)C=Cc1cnn(C)c1. The summed E-state index contributed by atoms with van der Waals surface area (Å²) >= 11 is 0. The Labute approximate surface area is 127 Å². The highest BCUT2D eigenvalue weighted by Gasteiger charge is 2.15. The maximum absolute atomic E-state index is 12.1. The van der Waals surface area contributed by atoms with Crippen molar-refractivity contribution >= 4 is 17.7 Å². The molecule has 0 unspecified atom stereocenters. The van der Waals surface area contributed by atoms with Crippen molar-refractivity contribution in [3.05, 3.63) is 64.0 Å². The lowest BCUT2D eigenvalue weighted by Crippen LogP contribution is -2.24. The molecule has 1 aromatic carbocycles. The first-order chi connectivity index (χ1) is 10.5. The van der Waals surface area contributed by atoms with Crippen molar-refractivity contribution in [2.75, 3.05) is 7.05 Å². The van der Waals surface area contributed by atoms with E-state index in [4.69, 9.17) is 0 Å². The van der Waals surface area contributed by atoms with Crippen LogP contribution in [-0.4, -0.2) is 32.6 Å². The number of aromatic nitrogens is 2. The molecule has 0 saturated carbocycles. The Balaban J connectivity index is 2.06. The zero-order chi connectivity index (χ0) is 16.1. The molecule has 0 atom stereocenters. The molecule has 0 spiro atoms. The first kappa shape index (κ1) is 15.4. The first-order valence-corrected chi connectivity index (χ1v) is 6.61. The number of aryl methyl sites for hydroxylation is 1. The van der Waals surface area contributed by atoms with E-state index >= 15 is 0 Å². The normalized spacial score (nSPS) is 10.8. The van der Waals surface area contributed by atoms with Gasteiger partial charge in [-0.15, -0.1) is 0 Å². The van der Waals surface area contributed by atoms with E-state index in [1.165, 1.54) is 17.0 Å². The van der Waals surface area contributed by atoms with Gasteiger partial charge >= 0.3 is 0 Å². The maximum Gasteiger partial charge on any atom is 0.274 e.